The van der Waals surface area contributed by atoms with Crippen LogP contribution in [0.15, 0.2) is 41.6 Å². The average Bonchev–Trinajstić information content (AvgIpc) is 2.74. The summed E-state index contributed by atoms with van der Waals surface area (Å²) in [6.07, 6.45) is 5.06. The quantitative estimate of drug-likeness (QED) is 0.645. The SMILES string of the molecule is Cn1ccnc(-c2ccc3c(cnn3C)c2)c1=O. The van der Waals surface area contributed by atoms with Crippen molar-refractivity contribution in [3.05, 3.63) is 47.1 Å². The lowest BCUT2D eigenvalue weighted by atomic mass is 10.1. The molecule has 5 heteroatoms. The normalized spacial score (nSPS) is 11.0. The molecule has 0 N–H and O–H groups in total. The highest BCUT2D eigenvalue weighted by Crippen LogP contribution is 2.20. The van der Waals surface area contributed by atoms with E-state index in [0.29, 0.717) is 5.69 Å². The van der Waals surface area contributed by atoms with Crippen LogP contribution in [0.2, 0.25) is 0 Å². The van der Waals surface area contributed by atoms with Crippen molar-refractivity contribution < 1.29 is 0 Å². The summed E-state index contributed by atoms with van der Waals surface area (Å²) in [5, 5.41) is 5.19. The molecular formula is C13H12N4O. The number of aromatic nitrogens is 4. The summed E-state index contributed by atoms with van der Waals surface area (Å²) in [6, 6.07) is 5.78. The smallest absolute Gasteiger partial charge is 0.276 e. The molecule has 0 fully saturated rings. The van der Waals surface area contributed by atoms with Crippen molar-refractivity contribution >= 4 is 10.9 Å². The maximum Gasteiger partial charge on any atom is 0.276 e. The van der Waals surface area contributed by atoms with Gasteiger partial charge < -0.3 is 4.57 Å². The van der Waals surface area contributed by atoms with Crippen molar-refractivity contribution in [1.82, 2.24) is 19.3 Å². The molecule has 3 rings (SSSR count). The third-order valence-corrected chi connectivity index (χ3v) is 3.04. The molecule has 0 aliphatic carbocycles. The Morgan fingerprint density at radius 3 is 2.89 bits per heavy atom. The van der Waals surface area contributed by atoms with Gasteiger partial charge in [-0.2, -0.15) is 5.10 Å². The van der Waals surface area contributed by atoms with Gasteiger partial charge in [0.1, 0.15) is 5.69 Å². The Hall–Kier alpha value is -2.43. The number of rotatable bonds is 1. The zero-order chi connectivity index (χ0) is 12.7. The van der Waals surface area contributed by atoms with Gasteiger partial charge in [-0.05, 0) is 12.1 Å². The molecule has 3 aromatic rings. The lowest BCUT2D eigenvalue weighted by Gasteiger charge is -2.03. The van der Waals surface area contributed by atoms with Crippen LogP contribution >= 0.6 is 0 Å². The first-order chi connectivity index (χ1) is 8.66. The fourth-order valence-electron chi connectivity index (χ4n) is 2.01. The van der Waals surface area contributed by atoms with E-state index in [1.807, 2.05) is 25.2 Å². The number of aryl methyl sites for hydroxylation is 2. The van der Waals surface area contributed by atoms with Crippen LogP contribution in [0.5, 0.6) is 0 Å². The second-order valence-corrected chi connectivity index (χ2v) is 4.23. The minimum atomic E-state index is -0.0965. The Morgan fingerprint density at radius 2 is 2.06 bits per heavy atom. The summed E-state index contributed by atoms with van der Waals surface area (Å²) < 4.78 is 3.32. The Kier molecular flexibility index (Phi) is 2.26. The lowest BCUT2D eigenvalue weighted by molar-refractivity contribution is 0.797. The molecule has 2 aromatic heterocycles. The molecule has 2 heterocycles. The molecule has 0 unspecified atom stereocenters. The van der Waals surface area contributed by atoms with E-state index in [4.69, 9.17) is 0 Å². The summed E-state index contributed by atoms with van der Waals surface area (Å²) >= 11 is 0. The number of hydrogen-bond acceptors (Lipinski definition) is 3. The number of nitrogens with zero attached hydrogens (tertiary/aromatic N) is 4. The predicted molar refractivity (Wildman–Crippen MR) is 69.2 cm³/mol. The van der Waals surface area contributed by atoms with Crippen LogP contribution in [0.3, 0.4) is 0 Å². The third-order valence-electron chi connectivity index (χ3n) is 3.04. The van der Waals surface area contributed by atoms with Crippen molar-refractivity contribution in [2.75, 3.05) is 0 Å². The van der Waals surface area contributed by atoms with Gasteiger partial charge in [-0.25, -0.2) is 4.98 Å². The summed E-state index contributed by atoms with van der Waals surface area (Å²) in [5.74, 6) is 0. The Bertz CT molecular complexity index is 785. The molecule has 0 saturated carbocycles. The summed E-state index contributed by atoms with van der Waals surface area (Å²) in [5.41, 5.74) is 2.22. The number of hydrogen-bond donors (Lipinski definition) is 0. The Morgan fingerprint density at radius 1 is 1.22 bits per heavy atom. The molecule has 0 aliphatic heterocycles. The summed E-state index contributed by atoms with van der Waals surface area (Å²) in [7, 11) is 3.61. The van der Waals surface area contributed by atoms with Gasteiger partial charge in [-0.15, -0.1) is 0 Å². The van der Waals surface area contributed by atoms with E-state index < -0.39 is 0 Å². The van der Waals surface area contributed by atoms with Crippen molar-refractivity contribution in [2.24, 2.45) is 14.1 Å². The second kappa shape index (κ2) is 3.80. The molecule has 0 amide bonds. The second-order valence-electron chi connectivity index (χ2n) is 4.23. The van der Waals surface area contributed by atoms with Gasteiger partial charge in [-0.1, -0.05) is 6.07 Å². The van der Waals surface area contributed by atoms with E-state index >= 15 is 0 Å². The molecule has 1 aromatic carbocycles. The number of benzene rings is 1. The van der Waals surface area contributed by atoms with Crippen LogP contribution in [0.4, 0.5) is 0 Å². The minimum absolute atomic E-state index is 0.0965. The molecule has 0 radical (unpaired) electrons. The van der Waals surface area contributed by atoms with Gasteiger partial charge in [0, 0.05) is 37.4 Å². The first kappa shape index (κ1) is 10.7. The standard InChI is InChI=1S/C13H12N4O/c1-16-6-5-14-12(13(16)18)9-3-4-11-10(7-9)8-15-17(11)2/h3-8H,1-2H3. The van der Waals surface area contributed by atoms with Crippen LogP contribution in [0, 0.1) is 0 Å². The maximum absolute atomic E-state index is 12.0. The number of fused-ring (bicyclic) bond motifs is 1. The Labute approximate surface area is 103 Å². The average molecular weight is 240 g/mol. The zero-order valence-electron chi connectivity index (χ0n) is 10.2. The van der Waals surface area contributed by atoms with E-state index in [2.05, 4.69) is 10.1 Å². The van der Waals surface area contributed by atoms with Crippen LogP contribution in [-0.4, -0.2) is 19.3 Å². The first-order valence-corrected chi connectivity index (χ1v) is 5.60. The first-order valence-electron chi connectivity index (χ1n) is 5.60. The van der Waals surface area contributed by atoms with Gasteiger partial charge in [0.05, 0.1) is 11.7 Å². The molecule has 0 saturated heterocycles. The molecule has 0 bridgehead atoms. The van der Waals surface area contributed by atoms with E-state index in [0.717, 1.165) is 16.5 Å². The lowest BCUT2D eigenvalue weighted by Crippen LogP contribution is -2.18. The zero-order valence-corrected chi connectivity index (χ0v) is 10.2. The van der Waals surface area contributed by atoms with Gasteiger partial charge in [0.2, 0.25) is 0 Å². The summed E-state index contributed by atoms with van der Waals surface area (Å²) in [6.45, 7) is 0. The van der Waals surface area contributed by atoms with Crippen molar-refractivity contribution in [3.8, 4) is 11.3 Å². The fourth-order valence-corrected chi connectivity index (χ4v) is 2.01. The third kappa shape index (κ3) is 1.52. The molecule has 0 spiro atoms. The van der Waals surface area contributed by atoms with Crippen molar-refractivity contribution in [2.45, 2.75) is 0 Å². The van der Waals surface area contributed by atoms with Gasteiger partial charge >= 0.3 is 0 Å². The van der Waals surface area contributed by atoms with Crippen LogP contribution in [-0.2, 0) is 14.1 Å². The van der Waals surface area contributed by atoms with Gasteiger partial charge in [-0.3, -0.25) is 9.48 Å². The van der Waals surface area contributed by atoms with Crippen molar-refractivity contribution in [3.63, 3.8) is 0 Å². The molecule has 0 atom stereocenters. The molecule has 0 aliphatic rings. The highest BCUT2D eigenvalue weighted by Gasteiger charge is 2.08. The highest BCUT2D eigenvalue weighted by atomic mass is 16.1. The summed E-state index contributed by atoms with van der Waals surface area (Å²) in [4.78, 5) is 16.2. The topological polar surface area (TPSA) is 52.7 Å². The minimum Gasteiger partial charge on any atom is -0.315 e. The van der Waals surface area contributed by atoms with Crippen LogP contribution < -0.4 is 5.56 Å². The molecular weight excluding hydrogens is 228 g/mol. The predicted octanol–water partition coefficient (Wildman–Crippen LogP) is 1.33. The monoisotopic (exact) mass is 240 g/mol. The van der Waals surface area contributed by atoms with E-state index in [-0.39, 0.29) is 5.56 Å². The van der Waals surface area contributed by atoms with Gasteiger partial charge in [0.15, 0.2) is 0 Å². The molecule has 90 valence electrons. The van der Waals surface area contributed by atoms with Crippen LogP contribution in [0.25, 0.3) is 22.2 Å². The highest BCUT2D eigenvalue weighted by molar-refractivity contribution is 5.83. The fraction of sp³-hybridized carbons (Fsp3) is 0.154. The Balaban J connectivity index is 2.26. The van der Waals surface area contributed by atoms with Crippen LogP contribution in [0.1, 0.15) is 0 Å². The van der Waals surface area contributed by atoms with Gasteiger partial charge in [0.25, 0.3) is 5.56 Å². The largest absolute Gasteiger partial charge is 0.315 e. The van der Waals surface area contributed by atoms with E-state index in [1.54, 1.807) is 30.3 Å². The maximum atomic E-state index is 12.0. The van der Waals surface area contributed by atoms with E-state index in [9.17, 15) is 4.79 Å². The molecule has 18 heavy (non-hydrogen) atoms. The van der Waals surface area contributed by atoms with Crippen molar-refractivity contribution in [1.29, 1.82) is 0 Å². The van der Waals surface area contributed by atoms with E-state index in [1.165, 1.54) is 4.57 Å². The molecule has 5 nitrogen and oxygen atoms in total.